The van der Waals surface area contributed by atoms with Gasteiger partial charge < -0.3 is 14.4 Å². The van der Waals surface area contributed by atoms with E-state index in [0.29, 0.717) is 38.8 Å². The van der Waals surface area contributed by atoms with Crippen LogP contribution in [0, 0.1) is 5.41 Å². The molecular weight excluding hydrogens is 368 g/mol. The largest absolute Gasteiger partial charge is 0.466 e. The third kappa shape index (κ3) is 5.30. The number of rotatable bonds is 6. The molecule has 6 heteroatoms. The van der Waals surface area contributed by atoms with E-state index in [4.69, 9.17) is 9.47 Å². The molecule has 1 atom stereocenters. The number of ether oxygens (including phenoxy) is 2. The van der Waals surface area contributed by atoms with Crippen LogP contribution >= 0.6 is 0 Å². The Hall–Kier alpha value is -2.08. The number of hydrogen-bond donors (Lipinski definition) is 0. The Balaban J connectivity index is 1.68. The molecule has 1 unspecified atom stereocenters. The van der Waals surface area contributed by atoms with Crippen LogP contribution in [-0.2, 0) is 20.7 Å². The maximum Gasteiger partial charge on any atom is 0.409 e. The van der Waals surface area contributed by atoms with Gasteiger partial charge in [0.15, 0.2) is 0 Å². The molecule has 0 spiro atoms. The number of piperidine rings is 2. The molecule has 2 saturated heterocycles. The monoisotopic (exact) mass is 402 g/mol. The van der Waals surface area contributed by atoms with Gasteiger partial charge in [-0.25, -0.2) is 4.79 Å². The maximum atomic E-state index is 13.0. The highest BCUT2D eigenvalue weighted by Crippen LogP contribution is 2.37. The summed E-state index contributed by atoms with van der Waals surface area (Å²) in [6.45, 7) is 7.68. The van der Waals surface area contributed by atoms with Crippen LogP contribution < -0.4 is 0 Å². The van der Waals surface area contributed by atoms with Crippen LogP contribution in [0.25, 0.3) is 0 Å². The van der Waals surface area contributed by atoms with E-state index in [9.17, 15) is 9.59 Å². The molecule has 1 aromatic rings. The first-order chi connectivity index (χ1) is 14.1. The Morgan fingerprint density at radius 1 is 1.03 bits per heavy atom. The lowest BCUT2D eigenvalue weighted by atomic mass is 9.74. The normalized spacial score (nSPS) is 23.6. The molecule has 0 bridgehead atoms. The van der Waals surface area contributed by atoms with E-state index < -0.39 is 5.41 Å². The van der Waals surface area contributed by atoms with Crippen LogP contribution in [0.15, 0.2) is 30.3 Å². The Morgan fingerprint density at radius 3 is 2.38 bits per heavy atom. The summed E-state index contributed by atoms with van der Waals surface area (Å²) in [5.41, 5.74) is 0.688. The molecule has 0 saturated carbocycles. The highest BCUT2D eigenvalue weighted by molar-refractivity contribution is 5.78. The summed E-state index contributed by atoms with van der Waals surface area (Å²) in [6, 6.07) is 10.6. The predicted octanol–water partition coefficient (Wildman–Crippen LogP) is 3.50. The van der Waals surface area contributed by atoms with Crippen molar-refractivity contribution in [2.24, 2.45) is 5.41 Å². The topological polar surface area (TPSA) is 59.1 Å². The molecule has 6 nitrogen and oxygen atoms in total. The summed E-state index contributed by atoms with van der Waals surface area (Å²) in [5.74, 6) is -0.0717. The van der Waals surface area contributed by atoms with Crippen LogP contribution in [0.2, 0.25) is 0 Å². The predicted molar refractivity (Wildman–Crippen MR) is 112 cm³/mol. The summed E-state index contributed by atoms with van der Waals surface area (Å²) in [5, 5.41) is 0. The van der Waals surface area contributed by atoms with Crippen molar-refractivity contribution in [1.82, 2.24) is 9.80 Å². The molecule has 2 aliphatic heterocycles. The minimum absolute atomic E-state index is 0.0717. The standard InChI is InChI=1S/C23H34N2O4/c1-3-28-21(26)23(17-19-9-6-5-7-10-19)13-8-14-25(18-23)20-11-15-24(16-12-20)22(27)29-4-2/h5-7,9-10,20H,3-4,8,11-18H2,1-2H3. The van der Waals surface area contributed by atoms with E-state index in [1.807, 2.05) is 32.0 Å². The van der Waals surface area contributed by atoms with Crippen LogP contribution in [0.5, 0.6) is 0 Å². The van der Waals surface area contributed by atoms with Crippen molar-refractivity contribution in [2.45, 2.75) is 52.0 Å². The van der Waals surface area contributed by atoms with E-state index in [-0.39, 0.29) is 12.1 Å². The van der Waals surface area contributed by atoms with Gasteiger partial charge in [0.25, 0.3) is 0 Å². The first kappa shape index (κ1) is 21.6. The van der Waals surface area contributed by atoms with Crippen molar-refractivity contribution in [2.75, 3.05) is 39.4 Å². The Morgan fingerprint density at radius 2 is 1.72 bits per heavy atom. The van der Waals surface area contributed by atoms with Crippen molar-refractivity contribution in [1.29, 1.82) is 0 Å². The average Bonchev–Trinajstić information content (AvgIpc) is 2.75. The number of nitrogens with zero attached hydrogens (tertiary/aromatic N) is 2. The molecule has 1 amide bonds. The van der Waals surface area contributed by atoms with Gasteiger partial charge in [0.1, 0.15) is 0 Å². The van der Waals surface area contributed by atoms with Crippen LogP contribution in [0.3, 0.4) is 0 Å². The fourth-order valence-corrected chi connectivity index (χ4v) is 4.76. The lowest BCUT2D eigenvalue weighted by molar-refractivity contribution is -0.160. The van der Waals surface area contributed by atoms with E-state index in [2.05, 4.69) is 17.0 Å². The van der Waals surface area contributed by atoms with Crippen LogP contribution in [-0.4, -0.2) is 67.3 Å². The molecule has 29 heavy (non-hydrogen) atoms. The second-order valence-electron chi connectivity index (χ2n) is 8.15. The lowest BCUT2D eigenvalue weighted by Gasteiger charge is -2.46. The Kier molecular flexibility index (Phi) is 7.53. The highest BCUT2D eigenvalue weighted by atomic mass is 16.6. The molecule has 3 rings (SSSR count). The van der Waals surface area contributed by atoms with E-state index in [1.54, 1.807) is 4.90 Å². The van der Waals surface area contributed by atoms with Gasteiger partial charge >= 0.3 is 12.1 Å². The molecule has 0 radical (unpaired) electrons. The zero-order valence-corrected chi connectivity index (χ0v) is 17.8. The number of hydrogen-bond acceptors (Lipinski definition) is 5. The first-order valence-electron chi connectivity index (χ1n) is 10.9. The molecule has 2 aliphatic rings. The molecule has 0 N–H and O–H groups in total. The third-order valence-corrected chi connectivity index (χ3v) is 6.21. The number of amides is 1. The minimum atomic E-state index is -0.492. The van der Waals surface area contributed by atoms with E-state index in [1.165, 1.54) is 5.56 Å². The van der Waals surface area contributed by atoms with Gasteiger partial charge in [0.05, 0.1) is 18.6 Å². The van der Waals surface area contributed by atoms with E-state index >= 15 is 0 Å². The lowest BCUT2D eigenvalue weighted by Crippen LogP contribution is -2.55. The maximum absolute atomic E-state index is 13.0. The van der Waals surface area contributed by atoms with Gasteiger partial charge in [0.2, 0.25) is 0 Å². The zero-order valence-electron chi connectivity index (χ0n) is 17.8. The summed E-state index contributed by atoms with van der Waals surface area (Å²) < 4.78 is 10.7. The molecule has 1 aromatic carbocycles. The number of benzene rings is 1. The number of likely N-dealkylation sites (tertiary alicyclic amines) is 2. The Labute approximate surface area is 174 Å². The van der Waals surface area contributed by atoms with Gasteiger partial charge in [0, 0.05) is 25.7 Å². The second kappa shape index (κ2) is 10.1. The van der Waals surface area contributed by atoms with Crippen molar-refractivity contribution < 1.29 is 19.1 Å². The Bertz CT molecular complexity index is 673. The smallest absolute Gasteiger partial charge is 0.409 e. The molecular formula is C23H34N2O4. The van der Waals surface area contributed by atoms with Crippen molar-refractivity contribution in [3.05, 3.63) is 35.9 Å². The summed E-state index contributed by atoms with van der Waals surface area (Å²) in [4.78, 5) is 29.3. The summed E-state index contributed by atoms with van der Waals surface area (Å²) >= 11 is 0. The number of carbonyl (C=O) groups excluding carboxylic acids is 2. The van der Waals surface area contributed by atoms with E-state index in [0.717, 1.165) is 38.8 Å². The van der Waals surface area contributed by atoms with Crippen molar-refractivity contribution in [3.8, 4) is 0 Å². The molecule has 0 aliphatic carbocycles. The van der Waals surface area contributed by atoms with Crippen molar-refractivity contribution >= 4 is 12.1 Å². The summed E-state index contributed by atoms with van der Waals surface area (Å²) in [7, 11) is 0. The quantitative estimate of drug-likeness (QED) is 0.682. The van der Waals surface area contributed by atoms with Crippen molar-refractivity contribution in [3.63, 3.8) is 0 Å². The zero-order chi connectivity index (χ0) is 20.7. The SMILES string of the molecule is CCOC(=O)N1CCC(N2CCCC(Cc3ccccc3)(C(=O)OCC)C2)CC1. The van der Waals surface area contributed by atoms with Crippen LogP contribution in [0.1, 0.15) is 45.1 Å². The fraction of sp³-hybridized carbons (Fsp3) is 0.652. The third-order valence-electron chi connectivity index (χ3n) is 6.21. The van der Waals surface area contributed by atoms with Crippen LogP contribution in [0.4, 0.5) is 4.79 Å². The highest BCUT2D eigenvalue weighted by Gasteiger charge is 2.45. The summed E-state index contributed by atoms with van der Waals surface area (Å²) in [6.07, 6.45) is 4.19. The van der Waals surface area contributed by atoms with Gasteiger partial charge in [-0.3, -0.25) is 9.69 Å². The minimum Gasteiger partial charge on any atom is -0.466 e. The molecule has 2 fully saturated rings. The molecule has 2 heterocycles. The first-order valence-corrected chi connectivity index (χ1v) is 10.9. The number of carbonyl (C=O) groups is 2. The fourth-order valence-electron chi connectivity index (χ4n) is 4.76. The molecule has 0 aromatic heterocycles. The van der Waals surface area contributed by atoms with Gasteiger partial charge in [-0.1, -0.05) is 30.3 Å². The second-order valence-corrected chi connectivity index (χ2v) is 8.15. The van der Waals surface area contributed by atoms with Gasteiger partial charge in [-0.05, 0) is 58.1 Å². The van der Waals surface area contributed by atoms with Gasteiger partial charge in [-0.15, -0.1) is 0 Å². The number of esters is 1. The molecule has 160 valence electrons. The average molecular weight is 403 g/mol. The van der Waals surface area contributed by atoms with Gasteiger partial charge in [-0.2, -0.15) is 0 Å².